The minimum absolute atomic E-state index is 0.218. The summed E-state index contributed by atoms with van der Waals surface area (Å²) in [5, 5.41) is 18.8. The number of piperazine rings is 1. The van der Waals surface area contributed by atoms with Crippen molar-refractivity contribution in [2.75, 3.05) is 39.3 Å². The van der Waals surface area contributed by atoms with Crippen molar-refractivity contribution in [3.8, 4) is 6.07 Å². The number of hydrogen-bond donors (Lipinski definition) is 1. The van der Waals surface area contributed by atoms with Crippen LogP contribution in [-0.4, -0.2) is 59.8 Å². The van der Waals surface area contributed by atoms with E-state index in [-0.39, 0.29) is 5.41 Å². The number of nitrogens with zero attached hydrogens (tertiary/aromatic N) is 3. The van der Waals surface area contributed by atoms with Gasteiger partial charge in [-0.05, 0) is 40.7 Å². The molecule has 0 spiro atoms. The van der Waals surface area contributed by atoms with E-state index in [9.17, 15) is 5.11 Å². The normalized spacial score (nSPS) is 19.8. The van der Waals surface area contributed by atoms with Crippen LogP contribution in [0.5, 0.6) is 0 Å². The van der Waals surface area contributed by atoms with E-state index in [1.807, 2.05) is 27.7 Å². The fourth-order valence-electron chi connectivity index (χ4n) is 2.21. The lowest BCUT2D eigenvalue weighted by molar-refractivity contribution is 0.0169. The van der Waals surface area contributed by atoms with Crippen LogP contribution < -0.4 is 0 Å². The van der Waals surface area contributed by atoms with Gasteiger partial charge in [0.25, 0.3) is 0 Å². The highest BCUT2D eigenvalue weighted by molar-refractivity contribution is 4.92. The number of rotatable bonds is 5. The molecule has 0 atom stereocenters. The van der Waals surface area contributed by atoms with Gasteiger partial charge in [0.2, 0.25) is 0 Å². The molecule has 0 saturated carbocycles. The monoisotopic (exact) mass is 253 g/mol. The Kier molecular flexibility index (Phi) is 5.15. The highest BCUT2D eigenvalue weighted by Crippen LogP contribution is 2.19. The van der Waals surface area contributed by atoms with Crippen molar-refractivity contribution in [2.45, 2.75) is 39.7 Å². The molecule has 0 amide bonds. The first kappa shape index (κ1) is 15.4. The molecule has 0 unspecified atom stereocenters. The fourth-order valence-corrected chi connectivity index (χ4v) is 2.21. The maximum Gasteiger partial charge on any atom is 0.0718 e. The second kappa shape index (κ2) is 6.01. The molecule has 1 fully saturated rings. The van der Waals surface area contributed by atoms with Crippen molar-refractivity contribution < 1.29 is 5.11 Å². The molecule has 104 valence electrons. The fraction of sp³-hybridized carbons (Fsp3) is 0.929. The number of hydrogen-bond acceptors (Lipinski definition) is 4. The number of nitriles is 1. The Balaban J connectivity index is 2.26. The van der Waals surface area contributed by atoms with Crippen molar-refractivity contribution in [1.29, 1.82) is 5.26 Å². The zero-order valence-corrected chi connectivity index (χ0v) is 12.2. The lowest BCUT2D eigenvalue weighted by atomic mass is 9.91. The van der Waals surface area contributed by atoms with Gasteiger partial charge in [0.1, 0.15) is 0 Å². The van der Waals surface area contributed by atoms with Gasteiger partial charge in [-0.1, -0.05) is 0 Å². The van der Waals surface area contributed by atoms with Gasteiger partial charge < -0.3 is 10.0 Å². The molecular formula is C14H27N3O. The lowest BCUT2D eigenvalue weighted by Gasteiger charge is -2.37. The summed E-state index contributed by atoms with van der Waals surface area (Å²) >= 11 is 0. The van der Waals surface area contributed by atoms with E-state index in [0.717, 1.165) is 45.7 Å². The van der Waals surface area contributed by atoms with Crippen molar-refractivity contribution in [1.82, 2.24) is 9.80 Å². The van der Waals surface area contributed by atoms with Gasteiger partial charge in [0, 0.05) is 32.7 Å². The molecule has 18 heavy (non-hydrogen) atoms. The highest BCUT2D eigenvalue weighted by atomic mass is 16.3. The molecule has 0 aromatic rings. The molecule has 0 aromatic carbocycles. The van der Waals surface area contributed by atoms with E-state index in [4.69, 9.17) is 5.26 Å². The maximum absolute atomic E-state index is 9.79. The lowest BCUT2D eigenvalue weighted by Crippen LogP contribution is -2.50. The third-order valence-corrected chi connectivity index (χ3v) is 3.43. The zero-order chi connectivity index (χ0) is 13.8. The quantitative estimate of drug-likeness (QED) is 0.803. The Morgan fingerprint density at radius 3 is 2.00 bits per heavy atom. The molecule has 0 bridgehead atoms. The maximum atomic E-state index is 9.79. The van der Waals surface area contributed by atoms with Crippen LogP contribution in [0, 0.1) is 16.7 Å². The average molecular weight is 253 g/mol. The minimum atomic E-state index is -0.606. The minimum Gasteiger partial charge on any atom is -0.389 e. The first-order valence-corrected chi connectivity index (χ1v) is 6.80. The molecule has 1 heterocycles. The number of β-amino-alcohol motifs (C(OH)–C–C–N with tert-alkyl or cyclic N) is 1. The SMILES string of the molecule is CC(C)(O)CN1CCN(CCC(C)(C)C#N)CC1. The van der Waals surface area contributed by atoms with Gasteiger partial charge in [-0.15, -0.1) is 0 Å². The standard InChI is InChI=1S/C14H27N3O/c1-13(2,11-15)5-6-16-7-9-17(10-8-16)12-14(3,4)18/h18H,5-10,12H2,1-4H3. The van der Waals surface area contributed by atoms with Crippen LogP contribution in [-0.2, 0) is 0 Å². The zero-order valence-electron chi connectivity index (χ0n) is 12.2. The van der Waals surface area contributed by atoms with Crippen molar-refractivity contribution in [3.63, 3.8) is 0 Å². The summed E-state index contributed by atoms with van der Waals surface area (Å²) in [5.41, 5.74) is -0.824. The second-order valence-electron chi connectivity index (χ2n) is 6.68. The van der Waals surface area contributed by atoms with Crippen molar-refractivity contribution in [2.24, 2.45) is 5.41 Å². The second-order valence-corrected chi connectivity index (χ2v) is 6.68. The summed E-state index contributed by atoms with van der Waals surface area (Å²) in [6, 6.07) is 2.35. The van der Waals surface area contributed by atoms with Gasteiger partial charge in [-0.2, -0.15) is 5.26 Å². The van der Waals surface area contributed by atoms with Gasteiger partial charge in [-0.3, -0.25) is 4.90 Å². The topological polar surface area (TPSA) is 50.5 Å². The summed E-state index contributed by atoms with van der Waals surface area (Å²) < 4.78 is 0. The molecule has 4 heteroatoms. The van der Waals surface area contributed by atoms with Crippen LogP contribution in [0.2, 0.25) is 0 Å². The largest absolute Gasteiger partial charge is 0.389 e. The summed E-state index contributed by atoms with van der Waals surface area (Å²) in [6.45, 7) is 13.5. The molecule has 1 rings (SSSR count). The third-order valence-electron chi connectivity index (χ3n) is 3.43. The molecule has 1 saturated heterocycles. The van der Waals surface area contributed by atoms with Crippen LogP contribution in [0.15, 0.2) is 0 Å². The third kappa shape index (κ3) is 5.81. The van der Waals surface area contributed by atoms with Crippen molar-refractivity contribution >= 4 is 0 Å². The van der Waals surface area contributed by atoms with Gasteiger partial charge in [0.15, 0.2) is 0 Å². The highest BCUT2D eigenvalue weighted by Gasteiger charge is 2.24. The van der Waals surface area contributed by atoms with Crippen LogP contribution in [0.1, 0.15) is 34.1 Å². The molecule has 0 aromatic heterocycles. The Labute approximate surface area is 111 Å². The predicted octanol–water partition coefficient (Wildman–Crippen LogP) is 1.31. The van der Waals surface area contributed by atoms with E-state index in [1.54, 1.807) is 0 Å². The molecule has 1 aliphatic heterocycles. The van der Waals surface area contributed by atoms with Crippen LogP contribution in [0.4, 0.5) is 0 Å². The Bertz CT molecular complexity index is 293. The molecule has 1 aliphatic rings. The summed E-state index contributed by atoms with van der Waals surface area (Å²) in [6.07, 6.45) is 0.926. The molecule has 0 radical (unpaired) electrons. The van der Waals surface area contributed by atoms with Gasteiger partial charge >= 0.3 is 0 Å². The van der Waals surface area contributed by atoms with Crippen molar-refractivity contribution in [3.05, 3.63) is 0 Å². The van der Waals surface area contributed by atoms with E-state index < -0.39 is 5.60 Å². The van der Waals surface area contributed by atoms with E-state index >= 15 is 0 Å². The summed E-state index contributed by atoms with van der Waals surface area (Å²) in [4.78, 5) is 4.73. The Hall–Kier alpha value is -0.630. The van der Waals surface area contributed by atoms with E-state index in [1.165, 1.54) is 0 Å². The molecule has 1 N–H and O–H groups in total. The van der Waals surface area contributed by atoms with Gasteiger partial charge in [-0.25, -0.2) is 0 Å². The van der Waals surface area contributed by atoms with Crippen LogP contribution in [0.25, 0.3) is 0 Å². The predicted molar refractivity (Wildman–Crippen MR) is 73.2 cm³/mol. The average Bonchev–Trinajstić information content (AvgIpc) is 2.26. The van der Waals surface area contributed by atoms with Gasteiger partial charge in [0.05, 0.1) is 17.1 Å². The van der Waals surface area contributed by atoms with E-state index in [0.29, 0.717) is 0 Å². The Morgan fingerprint density at radius 2 is 1.56 bits per heavy atom. The Morgan fingerprint density at radius 1 is 1.06 bits per heavy atom. The first-order chi connectivity index (χ1) is 8.22. The first-order valence-electron chi connectivity index (χ1n) is 6.80. The molecule has 0 aliphatic carbocycles. The van der Waals surface area contributed by atoms with Crippen LogP contribution >= 0.6 is 0 Å². The van der Waals surface area contributed by atoms with Crippen LogP contribution in [0.3, 0.4) is 0 Å². The smallest absolute Gasteiger partial charge is 0.0718 e. The summed E-state index contributed by atoms with van der Waals surface area (Å²) in [5.74, 6) is 0. The summed E-state index contributed by atoms with van der Waals surface area (Å²) in [7, 11) is 0. The molecular weight excluding hydrogens is 226 g/mol. The van der Waals surface area contributed by atoms with E-state index in [2.05, 4.69) is 15.9 Å². The number of aliphatic hydroxyl groups is 1. The molecule has 4 nitrogen and oxygen atoms in total.